The Hall–Kier alpha value is -2.64. The molecule has 2 aromatic heterocycles. The van der Waals surface area contributed by atoms with Crippen LogP contribution in [0.25, 0.3) is 11.3 Å². The van der Waals surface area contributed by atoms with Gasteiger partial charge in [0.2, 0.25) is 0 Å². The maximum absolute atomic E-state index is 13.1. The second-order valence-corrected chi connectivity index (χ2v) is 8.47. The molecular formula is C21H21ClN2O4S. The first-order valence-corrected chi connectivity index (χ1v) is 10.2. The number of halogens is 1. The second-order valence-electron chi connectivity index (χ2n) is 6.84. The van der Waals surface area contributed by atoms with Crippen molar-refractivity contribution in [2.45, 2.75) is 40.7 Å². The topological polar surface area (TPSA) is 81.4 Å². The lowest BCUT2D eigenvalue weighted by Crippen LogP contribution is -2.17. The minimum atomic E-state index is -0.467. The molecule has 6 nitrogen and oxygen atoms in total. The summed E-state index contributed by atoms with van der Waals surface area (Å²) in [6.07, 6.45) is -0.266. The van der Waals surface area contributed by atoms with Crippen molar-refractivity contribution in [3.8, 4) is 11.3 Å². The molecule has 0 radical (unpaired) electrons. The number of aromatic nitrogens is 1. The fourth-order valence-electron chi connectivity index (χ4n) is 2.88. The molecule has 0 unspecified atom stereocenters. The number of thiophene rings is 1. The fraction of sp³-hybridized carbons (Fsp3) is 0.286. The predicted octanol–water partition coefficient (Wildman–Crippen LogP) is 5.80. The number of carbonyl (C=O) groups excluding carboxylic acids is 2. The molecule has 0 atom stereocenters. The number of rotatable bonds is 5. The number of amides is 1. The second kappa shape index (κ2) is 8.39. The standard InChI is InChI=1S/C21H21ClN2O4S/c1-10(2)27-21(26)16-11(3)13(5)29-20(16)23-19(25)17-12(4)28-24-18(17)14-8-6-7-9-15(14)22/h6-10H,1-5H3,(H,23,25). The smallest absolute Gasteiger partial charge is 0.341 e. The van der Waals surface area contributed by atoms with Crippen LogP contribution in [0.15, 0.2) is 28.8 Å². The molecule has 0 fully saturated rings. The number of esters is 1. The van der Waals surface area contributed by atoms with Gasteiger partial charge in [0.1, 0.15) is 22.0 Å². The highest BCUT2D eigenvalue weighted by atomic mass is 35.5. The van der Waals surface area contributed by atoms with Gasteiger partial charge in [-0.25, -0.2) is 4.79 Å². The Balaban J connectivity index is 1.99. The van der Waals surface area contributed by atoms with Crippen LogP contribution < -0.4 is 5.32 Å². The van der Waals surface area contributed by atoms with Gasteiger partial charge in [0.05, 0.1) is 16.7 Å². The number of anilines is 1. The fourth-order valence-corrected chi connectivity index (χ4v) is 4.14. The quantitative estimate of drug-likeness (QED) is 0.515. The zero-order valence-electron chi connectivity index (χ0n) is 16.8. The third-order valence-electron chi connectivity index (χ3n) is 4.38. The Morgan fingerprint density at radius 2 is 1.86 bits per heavy atom. The van der Waals surface area contributed by atoms with Crippen molar-refractivity contribution in [2.24, 2.45) is 0 Å². The number of carbonyl (C=O) groups is 2. The third kappa shape index (κ3) is 4.21. The van der Waals surface area contributed by atoms with E-state index in [1.807, 2.05) is 13.8 Å². The molecule has 29 heavy (non-hydrogen) atoms. The van der Waals surface area contributed by atoms with Crippen molar-refractivity contribution in [1.29, 1.82) is 0 Å². The highest BCUT2D eigenvalue weighted by Gasteiger charge is 2.27. The highest BCUT2D eigenvalue weighted by molar-refractivity contribution is 7.16. The van der Waals surface area contributed by atoms with E-state index in [0.29, 0.717) is 32.6 Å². The molecular weight excluding hydrogens is 412 g/mol. The summed E-state index contributed by atoms with van der Waals surface area (Å²) in [5.74, 6) is -0.544. The van der Waals surface area contributed by atoms with Crippen LogP contribution in [0.4, 0.5) is 5.00 Å². The van der Waals surface area contributed by atoms with Gasteiger partial charge in [-0.15, -0.1) is 11.3 Å². The predicted molar refractivity (Wildman–Crippen MR) is 114 cm³/mol. The summed E-state index contributed by atoms with van der Waals surface area (Å²) in [5, 5.41) is 7.74. The van der Waals surface area contributed by atoms with Crippen LogP contribution in [0.5, 0.6) is 0 Å². The average molecular weight is 433 g/mol. The van der Waals surface area contributed by atoms with Crippen LogP contribution in [0.2, 0.25) is 5.02 Å². The van der Waals surface area contributed by atoms with E-state index in [4.69, 9.17) is 20.9 Å². The maximum atomic E-state index is 13.1. The number of nitrogens with zero attached hydrogens (tertiary/aromatic N) is 1. The first-order valence-electron chi connectivity index (χ1n) is 9.04. The molecule has 1 aromatic carbocycles. The summed E-state index contributed by atoms with van der Waals surface area (Å²) in [4.78, 5) is 26.6. The lowest BCUT2D eigenvalue weighted by atomic mass is 10.1. The molecule has 3 aromatic rings. The molecule has 1 amide bonds. The number of hydrogen-bond acceptors (Lipinski definition) is 6. The maximum Gasteiger partial charge on any atom is 0.341 e. The van der Waals surface area contributed by atoms with E-state index in [0.717, 1.165) is 10.4 Å². The Morgan fingerprint density at radius 3 is 2.52 bits per heavy atom. The van der Waals surface area contributed by atoms with Crippen molar-refractivity contribution in [3.05, 3.63) is 56.6 Å². The van der Waals surface area contributed by atoms with E-state index >= 15 is 0 Å². The summed E-state index contributed by atoms with van der Waals surface area (Å²) < 4.78 is 10.6. The molecule has 0 bridgehead atoms. The number of nitrogens with one attached hydrogen (secondary N) is 1. The van der Waals surface area contributed by atoms with Crippen molar-refractivity contribution >= 4 is 39.8 Å². The molecule has 2 heterocycles. The zero-order chi connectivity index (χ0) is 21.3. The van der Waals surface area contributed by atoms with Gasteiger partial charge >= 0.3 is 5.97 Å². The number of ether oxygens (including phenoxy) is 1. The molecule has 3 rings (SSSR count). The van der Waals surface area contributed by atoms with Gasteiger partial charge in [-0.2, -0.15) is 0 Å². The first-order chi connectivity index (χ1) is 13.7. The summed E-state index contributed by atoms with van der Waals surface area (Å²) in [5.41, 5.74) is 2.35. The molecule has 0 saturated carbocycles. The molecule has 0 aliphatic carbocycles. The highest BCUT2D eigenvalue weighted by Crippen LogP contribution is 2.35. The van der Waals surface area contributed by atoms with E-state index in [1.54, 1.807) is 45.0 Å². The van der Waals surface area contributed by atoms with E-state index in [2.05, 4.69) is 10.5 Å². The summed E-state index contributed by atoms with van der Waals surface area (Å²) in [6, 6.07) is 7.08. The Labute approximate surface area is 177 Å². The van der Waals surface area contributed by atoms with Gasteiger partial charge in [0.25, 0.3) is 5.91 Å². The van der Waals surface area contributed by atoms with Crippen molar-refractivity contribution in [1.82, 2.24) is 5.16 Å². The molecule has 0 saturated heterocycles. The van der Waals surface area contributed by atoms with Crippen molar-refractivity contribution in [2.75, 3.05) is 5.32 Å². The van der Waals surface area contributed by atoms with Crippen LogP contribution in [0.3, 0.4) is 0 Å². The Morgan fingerprint density at radius 1 is 1.17 bits per heavy atom. The minimum absolute atomic E-state index is 0.266. The minimum Gasteiger partial charge on any atom is -0.459 e. The van der Waals surface area contributed by atoms with Gasteiger partial charge in [-0.05, 0) is 46.2 Å². The van der Waals surface area contributed by atoms with E-state index in [-0.39, 0.29) is 11.7 Å². The van der Waals surface area contributed by atoms with Crippen LogP contribution in [-0.2, 0) is 4.74 Å². The van der Waals surface area contributed by atoms with Crippen LogP contribution in [-0.4, -0.2) is 23.1 Å². The summed E-state index contributed by atoms with van der Waals surface area (Å²) >= 11 is 7.59. The summed E-state index contributed by atoms with van der Waals surface area (Å²) in [7, 11) is 0. The number of aryl methyl sites for hydroxylation is 2. The van der Waals surface area contributed by atoms with E-state index in [1.165, 1.54) is 11.3 Å². The first kappa shape index (κ1) is 21.1. The lowest BCUT2D eigenvalue weighted by molar-refractivity contribution is 0.0379. The Bertz CT molecular complexity index is 1080. The van der Waals surface area contributed by atoms with Gasteiger partial charge in [0.15, 0.2) is 0 Å². The van der Waals surface area contributed by atoms with Crippen molar-refractivity contribution < 1.29 is 18.8 Å². The largest absolute Gasteiger partial charge is 0.459 e. The zero-order valence-corrected chi connectivity index (χ0v) is 18.3. The monoisotopic (exact) mass is 432 g/mol. The van der Waals surface area contributed by atoms with E-state index in [9.17, 15) is 9.59 Å². The SMILES string of the molecule is Cc1onc(-c2ccccc2Cl)c1C(=O)Nc1sc(C)c(C)c1C(=O)OC(C)C. The summed E-state index contributed by atoms with van der Waals surface area (Å²) in [6.45, 7) is 8.93. The van der Waals surface area contributed by atoms with Gasteiger partial charge in [0, 0.05) is 10.4 Å². The average Bonchev–Trinajstić information content (AvgIpc) is 3.14. The molecule has 1 N–H and O–H groups in total. The number of hydrogen-bond donors (Lipinski definition) is 1. The Kier molecular flexibility index (Phi) is 6.10. The molecule has 0 aliphatic heterocycles. The molecule has 152 valence electrons. The van der Waals surface area contributed by atoms with Crippen LogP contribution >= 0.6 is 22.9 Å². The number of benzene rings is 1. The molecule has 0 aliphatic rings. The van der Waals surface area contributed by atoms with Gasteiger partial charge in [-0.3, -0.25) is 4.79 Å². The normalized spacial score (nSPS) is 11.0. The van der Waals surface area contributed by atoms with Gasteiger partial charge < -0.3 is 14.6 Å². The molecule has 8 heteroatoms. The molecule has 0 spiro atoms. The lowest BCUT2D eigenvalue weighted by Gasteiger charge is -2.10. The van der Waals surface area contributed by atoms with Crippen molar-refractivity contribution in [3.63, 3.8) is 0 Å². The van der Waals surface area contributed by atoms with Crippen LogP contribution in [0.1, 0.15) is 50.8 Å². The van der Waals surface area contributed by atoms with Crippen LogP contribution in [0, 0.1) is 20.8 Å². The van der Waals surface area contributed by atoms with E-state index < -0.39 is 11.9 Å². The third-order valence-corrected chi connectivity index (χ3v) is 5.83. The van der Waals surface area contributed by atoms with Gasteiger partial charge in [-0.1, -0.05) is 35.0 Å².